The van der Waals surface area contributed by atoms with Gasteiger partial charge in [0.25, 0.3) is 0 Å². The predicted octanol–water partition coefficient (Wildman–Crippen LogP) is 1.27. The Labute approximate surface area is 150 Å². The van der Waals surface area contributed by atoms with Gasteiger partial charge in [-0.2, -0.15) is 0 Å². The molecule has 25 heavy (non-hydrogen) atoms. The molecule has 1 atom stereocenters. The van der Waals surface area contributed by atoms with Gasteiger partial charge in [-0.15, -0.1) is 0 Å². The molecule has 1 fully saturated rings. The zero-order valence-corrected chi connectivity index (χ0v) is 15.1. The summed E-state index contributed by atoms with van der Waals surface area (Å²) in [6, 6.07) is 5.10. The summed E-state index contributed by atoms with van der Waals surface area (Å²) in [6.45, 7) is 0.930. The van der Waals surface area contributed by atoms with Gasteiger partial charge < -0.3 is 24.8 Å². The molecule has 8 nitrogen and oxygen atoms in total. The molecule has 0 unspecified atom stereocenters. The van der Waals surface area contributed by atoms with Crippen LogP contribution in [-0.2, 0) is 14.3 Å². The summed E-state index contributed by atoms with van der Waals surface area (Å²) in [5, 5.41) is 5.42. The van der Waals surface area contributed by atoms with E-state index >= 15 is 0 Å². The summed E-state index contributed by atoms with van der Waals surface area (Å²) < 4.78 is 15.3. The van der Waals surface area contributed by atoms with E-state index in [1.54, 1.807) is 25.3 Å². The number of amides is 2. The Morgan fingerprint density at radius 3 is 2.80 bits per heavy atom. The molecule has 0 saturated carbocycles. The van der Waals surface area contributed by atoms with E-state index in [1.165, 1.54) is 26.0 Å². The first-order chi connectivity index (χ1) is 12.1. The lowest BCUT2D eigenvalue weighted by molar-refractivity contribution is -0.122. The normalized spacial score (nSPS) is 18.1. The molecule has 2 N–H and O–H groups in total. The number of thioether (sulfide) groups is 1. The molecule has 0 spiro atoms. The quantitative estimate of drug-likeness (QED) is 0.672. The number of amidine groups is 1. The van der Waals surface area contributed by atoms with Crippen molar-refractivity contribution in [1.82, 2.24) is 5.32 Å². The van der Waals surface area contributed by atoms with Gasteiger partial charge in [0.1, 0.15) is 16.7 Å². The van der Waals surface area contributed by atoms with Gasteiger partial charge in [-0.05, 0) is 12.1 Å². The Morgan fingerprint density at radius 1 is 1.32 bits per heavy atom. The van der Waals surface area contributed by atoms with Crippen molar-refractivity contribution < 1.29 is 23.8 Å². The van der Waals surface area contributed by atoms with Crippen molar-refractivity contribution in [3.8, 4) is 11.5 Å². The zero-order chi connectivity index (χ0) is 18.2. The summed E-state index contributed by atoms with van der Waals surface area (Å²) in [5.41, 5.74) is 0.490. The molecule has 1 aromatic carbocycles. The van der Waals surface area contributed by atoms with Crippen LogP contribution in [0.2, 0.25) is 0 Å². The highest BCUT2D eigenvalue weighted by molar-refractivity contribution is 8.15. The van der Waals surface area contributed by atoms with Gasteiger partial charge in [0.15, 0.2) is 5.17 Å². The molecule has 2 rings (SSSR count). The molecule has 1 aliphatic rings. The number of hydrogen-bond acceptors (Lipinski definition) is 7. The van der Waals surface area contributed by atoms with E-state index in [9.17, 15) is 9.59 Å². The maximum Gasteiger partial charge on any atom is 0.240 e. The smallest absolute Gasteiger partial charge is 0.240 e. The van der Waals surface area contributed by atoms with E-state index in [0.717, 1.165) is 0 Å². The lowest BCUT2D eigenvalue weighted by Gasteiger charge is -2.12. The van der Waals surface area contributed by atoms with Crippen LogP contribution in [0.15, 0.2) is 23.2 Å². The van der Waals surface area contributed by atoms with Gasteiger partial charge in [0.05, 0.1) is 33.1 Å². The second kappa shape index (κ2) is 9.28. The van der Waals surface area contributed by atoms with Crippen LogP contribution in [0.5, 0.6) is 11.5 Å². The van der Waals surface area contributed by atoms with E-state index in [2.05, 4.69) is 15.6 Å². The summed E-state index contributed by atoms with van der Waals surface area (Å²) in [4.78, 5) is 28.5. The molecule has 1 saturated heterocycles. The molecule has 0 radical (unpaired) electrons. The average Bonchev–Trinajstić information content (AvgIpc) is 2.94. The third-order valence-corrected chi connectivity index (χ3v) is 4.50. The van der Waals surface area contributed by atoms with E-state index in [4.69, 9.17) is 14.2 Å². The molecule has 0 bridgehead atoms. The van der Waals surface area contributed by atoms with Gasteiger partial charge in [0, 0.05) is 19.6 Å². The minimum atomic E-state index is -0.516. The average molecular weight is 367 g/mol. The maximum absolute atomic E-state index is 12.3. The highest BCUT2D eigenvalue weighted by Crippen LogP contribution is 2.30. The molecule has 0 aliphatic carbocycles. The standard InChI is InChI=1S/C16H21N3O5S/c1-22-7-6-17-16-19-15(21)13(25-16)9-14(20)18-11-8-10(23-2)4-5-12(11)24-3/h4-5,8,13H,6-7,9H2,1-3H3,(H,18,20)(H,17,19,21)/t13-/m1/s1. The minimum absolute atomic E-state index is 0.0279. The van der Waals surface area contributed by atoms with Crippen LogP contribution in [-0.4, -0.2) is 56.7 Å². The third-order valence-electron chi connectivity index (χ3n) is 3.38. The Hall–Kier alpha value is -2.26. The van der Waals surface area contributed by atoms with E-state index in [1.807, 2.05) is 0 Å². The van der Waals surface area contributed by atoms with Gasteiger partial charge in [0.2, 0.25) is 11.8 Å². The van der Waals surface area contributed by atoms with Crippen molar-refractivity contribution in [2.24, 2.45) is 4.99 Å². The molecular formula is C16H21N3O5S. The fourth-order valence-electron chi connectivity index (χ4n) is 2.13. The summed E-state index contributed by atoms with van der Waals surface area (Å²) in [7, 11) is 4.64. The first kappa shape index (κ1) is 19.1. The second-order valence-electron chi connectivity index (χ2n) is 5.09. The molecule has 9 heteroatoms. The number of rotatable bonds is 8. The van der Waals surface area contributed by atoms with E-state index < -0.39 is 5.25 Å². The second-order valence-corrected chi connectivity index (χ2v) is 6.29. The van der Waals surface area contributed by atoms with Gasteiger partial charge in [-0.25, -0.2) is 0 Å². The van der Waals surface area contributed by atoms with Gasteiger partial charge in [-0.1, -0.05) is 11.8 Å². The van der Waals surface area contributed by atoms with Crippen LogP contribution in [0.25, 0.3) is 0 Å². The lowest BCUT2D eigenvalue weighted by atomic mass is 10.2. The first-order valence-electron chi connectivity index (χ1n) is 7.60. The van der Waals surface area contributed by atoms with Crippen LogP contribution in [0, 0.1) is 0 Å². The molecule has 136 valence electrons. The van der Waals surface area contributed by atoms with E-state index in [0.29, 0.717) is 35.5 Å². The Morgan fingerprint density at radius 2 is 2.12 bits per heavy atom. The molecular weight excluding hydrogens is 346 g/mol. The summed E-state index contributed by atoms with van der Waals surface area (Å²) in [5.74, 6) is 0.586. The molecule has 1 heterocycles. The first-order valence-corrected chi connectivity index (χ1v) is 8.48. The van der Waals surface area contributed by atoms with Crippen LogP contribution in [0.1, 0.15) is 6.42 Å². The van der Waals surface area contributed by atoms with Crippen molar-refractivity contribution in [2.75, 3.05) is 39.8 Å². The highest BCUT2D eigenvalue weighted by Gasteiger charge is 2.32. The molecule has 1 aromatic rings. The number of carbonyl (C=O) groups is 2. The number of anilines is 1. The number of methoxy groups -OCH3 is 3. The monoisotopic (exact) mass is 367 g/mol. The minimum Gasteiger partial charge on any atom is -0.497 e. The van der Waals surface area contributed by atoms with Crippen LogP contribution in [0.4, 0.5) is 5.69 Å². The number of benzene rings is 1. The Balaban J connectivity index is 1.96. The fraction of sp³-hybridized carbons (Fsp3) is 0.438. The number of aliphatic imine (C=N–C) groups is 1. The largest absolute Gasteiger partial charge is 0.497 e. The number of hydrogen-bond donors (Lipinski definition) is 2. The Bertz CT molecular complexity index is 665. The van der Waals surface area contributed by atoms with Crippen molar-refractivity contribution in [3.63, 3.8) is 0 Å². The fourth-order valence-corrected chi connectivity index (χ4v) is 3.13. The zero-order valence-electron chi connectivity index (χ0n) is 14.3. The van der Waals surface area contributed by atoms with Gasteiger partial charge >= 0.3 is 0 Å². The van der Waals surface area contributed by atoms with Crippen molar-refractivity contribution in [2.45, 2.75) is 11.7 Å². The van der Waals surface area contributed by atoms with Crippen molar-refractivity contribution >= 4 is 34.4 Å². The molecule has 0 aromatic heterocycles. The lowest BCUT2D eigenvalue weighted by Crippen LogP contribution is -2.28. The number of nitrogens with zero attached hydrogens (tertiary/aromatic N) is 1. The van der Waals surface area contributed by atoms with Crippen molar-refractivity contribution in [3.05, 3.63) is 18.2 Å². The Kier molecular flexibility index (Phi) is 7.08. The molecule has 1 aliphatic heterocycles. The summed E-state index contributed by atoms with van der Waals surface area (Å²) in [6.07, 6.45) is 0.0279. The highest BCUT2D eigenvalue weighted by atomic mass is 32.2. The van der Waals surface area contributed by atoms with Crippen molar-refractivity contribution in [1.29, 1.82) is 0 Å². The van der Waals surface area contributed by atoms with Crippen LogP contribution < -0.4 is 20.1 Å². The van der Waals surface area contributed by atoms with E-state index in [-0.39, 0.29) is 18.2 Å². The third kappa shape index (κ3) is 5.36. The van der Waals surface area contributed by atoms with Crippen LogP contribution in [0.3, 0.4) is 0 Å². The number of nitrogens with one attached hydrogen (secondary N) is 2. The number of ether oxygens (including phenoxy) is 3. The SMILES string of the molecule is COCCN=C1NC(=O)[C@@H](CC(=O)Nc2cc(OC)ccc2OC)S1. The van der Waals surface area contributed by atoms with Crippen LogP contribution >= 0.6 is 11.8 Å². The molecule has 2 amide bonds. The predicted molar refractivity (Wildman–Crippen MR) is 96.5 cm³/mol. The number of carbonyl (C=O) groups excluding carboxylic acids is 2. The topological polar surface area (TPSA) is 98.2 Å². The maximum atomic E-state index is 12.3. The summed E-state index contributed by atoms with van der Waals surface area (Å²) >= 11 is 1.24. The van der Waals surface area contributed by atoms with Gasteiger partial charge in [-0.3, -0.25) is 14.6 Å².